The van der Waals surface area contributed by atoms with Gasteiger partial charge in [0.15, 0.2) is 0 Å². The Morgan fingerprint density at radius 3 is 2.00 bits per heavy atom. The van der Waals surface area contributed by atoms with Crippen LogP contribution in [-0.2, 0) is 0 Å². The Labute approximate surface area is 116 Å². The van der Waals surface area contributed by atoms with E-state index in [0.29, 0.717) is 6.04 Å². The van der Waals surface area contributed by atoms with E-state index in [-0.39, 0.29) is 0 Å². The first-order valence-corrected chi connectivity index (χ1v) is 8.04. The monoisotopic (exact) mass is 256 g/mol. The maximum atomic E-state index is 3.65. The zero-order valence-corrected chi connectivity index (χ0v) is 13.5. The largest absolute Gasteiger partial charge is 0.315 e. The molecule has 2 nitrogen and oxygen atoms in total. The van der Waals surface area contributed by atoms with Crippen LogP contribution in [0, 0.1) is 5.92 Å². The van der Waals surface area contributed by atoms with Crippen LogP contribution in [0.5, 0.6) is 0 Å². The van der Waals surface area contributed by atoms with Crippen molar-refractivity contribution >= 4 is 0 Å². The lowest BCUT2D eigenvalue weighted by Crippen LogP contribution is -2.43. The summed E-state index contributed by atoms with van der Waals surface area (Å²) >= 11 is 0. The van der Waals surface area contributed by atoms with Gasteiger partial charge in [-0.05, 0) is 33.0 Å². The number of hydrogen-bond donors (Lipinski definition) is 1. The molecule has 1 N–H and O–H groups in total. The second-order valence-electron chi connectivity index (χ2n) is 5.73. The van der Waals surface area contributed by atoms with Gasteiger partial charge in [0.2, 0.25) is 0 Å². The molecule has 0 fully saturated rings. The van der Waals surface area contributed by atoms with Crippen molar-refractivity contribution in [1.82, 2.24) is 10.2 Å². The number of unbranched alkanes of at least 4 members (excludes halogenated alkanes) is 4. The Morgan fingerprint density at radius 1 is 0.889 bits per heavy atom. The van der Waals surface area contributed by atoms with Crippen LogP contribution in [0.25, 0.3) is 0 Å². The van der Waals surface area contributed by atoms with Gasteiger partial charge in [-0.25, -0.2) is 0 Å². The molecule has 0 saturated carbocycles. The Balaban J connectivity index is 3.71. The molecule has 0 aromatic rings. The fraction of sp³-hybridized carbons (Fsp3) is 1.00. The van der Waals surface area contributed by atoms with E-state index in [9.17, 15) is 0 Å². The molecule has 0 aromatic heterocycles. The van der Waals surface area contributed by atoms with Gasteiger partial charge in [-0.1, -0.05) is 59.3 Å². The van der Waals surface area contributed by atoms with Crippen molar-refractivity contribution in [3.8, 4) is 0 Å². The van der Waals surface area contributed by atoms with Gasteiger partial charge in [-0.15, -0.1) is 0 Å². The first kappa shape index (κ1) is 17.9. The Hall–Kier alpha value is -0.0800. The predicted molar refractivity (Wildman–Crippen MR) is 83.2 cm³/mol. The normalized spacial score (nSPS) is 13.5. The number of hydrogen-bond acceptors (Lipinski definition) is 2. The van der Waals surface area contributed by atoms with Crippen molar-refractivity contribution in [2.24, 2.45) is 5.92 Å². The lowest BCUT2D eigenvalue weighted by Gasteiger charge is -2.31. The predicted octanol–water partition coefficient (Wildman–Crippen LogP) is 3.91. The van der Waals surface area contributed by atoms with Crippen molar-refractivity contribution < 1.29 is 0 Å². The molecule has 1 unspecified atom stereocenters. The molecule has 0 saturated heterocycles. The summed E-state index contributed by atoms with van der Waals surface area (Å²) in [4.78, 5) is 2.39. The first-order valence-electron chi connectivity index (χ1n) is 8.04. The molecule has 0 amide bonds. The molecule has 0 heterocycles. The van der Waals surface area contributed by atoms with Gasteiger partial charge in [0.25, 0.3) is 0 Å². The third-order valence-electron chi connectivity index (χ3n) is 4.07. The molecule has 2 heteroatoms. The molecule has 0 rings (SSSR count). The average Bonchev–Trinajstić information content (AvgIpc) is 2.36. The summed E-state index contributed by atoms with van der Waals surface area (Å²) in [6, 6.07) is 0.690. The van der Waals surface area contributed by atoms with Crippen molar-refractivity contribution in [1.29, 1.82) is 0 Å². The third-order valence-corrected chi connectivity index (χ3v) is 4.07. The minimum atomic E-state index is 0.690. The molecule has 110 valence electrons. The summed E-state index contributed by atoms with van der Waals surface area (Å²) < 4.78 is 0. The summed E-state index contributed by atoms with van der Waals surface area (Å²) in [5.74, 6) is 0.826. The van der Waals surface area contributed by atoms with E-state index in [2.05, 4.69) is 45.1 Å². The lowest BCUT2D eigenvalue weighted by molar-refractivity contribution is 0.194. The molecule has 0 aliphatic carbocycles. The summed E-state index contributed by atoms with van der Waals surface area (Å²) in [5.41, 5.74) is 0. The number of rotatable bonds is 12. The summed E-state index contributed by atoms with van der Waals surface area (Å²) in [6.45, 7) is 9.24. The van der Waals surface area contributed by atoms with Crippen LogP contribution >= 0.6 is 0 Å². The van der Waals surface area contributed by atoms with Crippen LogP contribution in [-0.4, -0.2) is 38.1 Å². The molecular weight excluding hydrogens is 220 g/mol. The summed E-state index contributed by atoms with van der Waals surface area (Å²) in [7, 11) is 4.43. The van der Waals surface area contributed by atoms with E-state index in [1.165, 1.54) is 51.5 Å². The molecule has 0 aliphatic heterocycles. The van der Waals surface area contributed by atoms with E-state index in [1.54, 1.807) is 0 Å². The number of nitrogens with zero attached hydrogens (tertiary/aromatic N) is 1. The van der Waals surface area contributed by atoms with Crippen LogP contribution in [0.3, 0.4) is 0 Å². The second-order valence-corrected chi connectivity index (χ2v) is 5.73. The highest BCUT2D eigenvalue weighted by atomic mass is 15.1. The van der Waals surface area contributed by atoms with Crippen LogP contribution in [0.2, 0.25) is 0 Å². The fourth-order valence-electron chi connectivity index (χ4n) is 2.71. The van der Waals surface area contributed by atoms with Crippen molar-refractivity contribution in [2.75, 3.05) is 27.2 Å². The summed E-state index contributed by atoms with van der Waals surface area (Å²) in [5, 5.41) is 3.65. The Bertz CT molecular complexity index is 164. The van der Waals surface area contributed by atoms with Crippen LogP contribution in [0.4, 0.5) is 0 Å². The van der Waals surface area contributed by atoms with Crippen LogP contribution in [0.15, 0.2) is 0 Å². The zero-order valence-electron chi connectivity index (χ0n) is 13.5. The Morgan fingerprint density at radius 2 is 1.50 bits per heavy atom. The molecule has 1 atom stereocenters. The quantitative estimate of drug-likeness (QED) is 0.533. The standard InChI is InChI=1S/C16H36N2/c1-6-9-10-11-12-13-17-14-16(18(4)5)15(7-2)8-3/h15-17H,6-14H2,1-5H3. The molecule has 0 bridgehead atoms. The fourth-order valence-corrected chi connectivity index (χ4v) is 2.71. The highest BCUT2D eigenvalue weighted by Crippen LogP contribution is 2.16. The highest BCUT2D eigenvalue weighted by molar-refractivity contribution is 4.76. The van der Waals surface area contributed by atoms with Crippen molar-refractivity contribution in [3.63, 3.8) is 0 Å². The number of likely N-dealkylation sites (N-methyl/N-ethyl adjacent to an activating group) is 1. The average molecular weight is 256 g/mol. The second kappa shape index (κ2) is 12.0. The SMILES string of the molecule is CCCCCCCNCC(C(CC)CC)N(C)C. The Kier molecular flexibility index (Phi) is 11.9. The highest BCUT2D eigenvalue weighted by Gasteiger charge is 2.19. The van der Waals surface area contributed by atoms with Gasteiger partial charge >= 0.3 is 0 Å². The van der Waals surface area contributed by atoms with Crippen molar-refractivity contribution in [3.05, 3.63) is 0 Å². The van der Waals surface area contributed by atoms with E-state index in [1.807, 2.05) is 0 Å². The minimum Gasteiger partial charge on any atom is -0.315 e. The van der Waals surface area contributed by atoms with Crippen LogP contribution < -0.4 is 5.32 Å². The van der Waals surface area contributed by atoms with Crippen molar-refractivity contribution in [2.45, 2.75) is 71.8 Å². The number of nitrogens with one attached hydrogen (secondary N) is 1. The van der Waals surface area contributed by atoms with E-state index < -0.39 is 0 Å². The first-order chi connectivity index (χ1) is 8.67. The third kappa shape index (κ3) is 8.10. The molecule has 0 radical (unpaired) electrons. The van der Waals surface area contributed by atoms with Gasteiger partial charge in [0.05, 0.1) is 0 Å². The van der Waals surface area contributed by atoms with Gasteiger partial charge in [-0.2, -0.15) is 0 Å². The zero-order chi connectivity index (χ0) is 13.8. The van der Waals surface area contributed by atoms with Gasteiger partial charge in [0.1, 0.15) is 0 Å². The summed E-state index contributed by atoms with van der Waals surface area (Å²) in [6.07, 6.45) is 9.44. The maximum absolute atomic E-state index is 3.65. The molecule has 0 aliphatic rings. The smallest absolute Gasteiger partial charge is 0.0242 e. The van der Waals surface area contributed by atoms with Gasteiger partial charge in [-0.3, -0.25) is 0 Å². The van der Waals surface area contributed by atoms with Gasteiger partial charge in [0, 0.05) is 12.6 Å². The van der Waals surface area contributed by atoms with Gasteiger partial charge < -0.3 is 10.2 Å². The molecule has 0 aromatic carbocycles. The molecule has 0 spiro atoms. The molecular formula is C16H36N2. The topological polar surface area (TPSA) is 15.3 Å². The molecule has 18 heavy (non-hydrogen) atoms. The van der Waals surface area contributed by atoms with E-state index in [0.717, 1.165) is 12.5 Å². The van der Waals surface area contributed by atoms with E-state index in [4.69, 9.17) is 0 Å². The van der Waals surface area contributed by atoms with Crippen LogP contribution in [0.1, 0.15) is 65.7 Å². The van der Waals surface area contributed by atoms with E-state index >= 15 is 0 Å². The maximum Gasteiger partial charge on any atom is 0.0242 e. The lowest BCUT2D eigenvalue weighted by atomic mass is 9.93. The minimum absolute atomic E-state index is 0.690.